The van der Waals surface area contributed by atoms with Crippen molar-refractivity contribution in [2.45, 2.75) is 33.2 Å². The molecule has 2 aromatic rings. The number of nitrogens with one attached hydrogen (secondary N) is 2. The largest absolute Gasteiger partial charge is 0.463 e. The van der Waals surface area contributed by atoms with Gasteiger partial charge in [0, 0.05) is 36.9 Å². The second kappa shape index (κ2) is 9.55. The molecule has 1 amide bonds. The number of halogens is 1. The minimum absolute atomic E-state index is 0.0841. The average molecular weight is 511 g/mol. The topological polar surface area (TPSA) is 108 Å². The highest BCUT2D eigenvalue weighted by Gasteiger charge is 2.46. The van der Waals surface area contributed by atoms with Gasteiger partial charge in [0.25, 0.3) is 5.91 Å². The van der Waals surface area contributed by atoms with E-state index in [4.69, 9.17) is 9.73 Å². The first-order valence-corrected chi connectivity index (χ1v) is 12.7. The molecule has 188 valence electrons. The summed E-state index contributed by atoms with van der Waals surface area (Å²) in [6, 6.07) is 4.03. The molecule has 36 heavy (non-hydrogen) atoms. The van der Waals surface area contributed by atoms with Crippen molar-refractivity contribution in [1.29, 1.82) is 0 Å². The predicted molar refractivity (Wildman–Crippen MR) is 134 cm³/mol. The van der Waals surface area contributed by atoms with Crippen molar-refractivity contribution < 1.29 is 18.7 Å². The molecule has 0 saturated carbocycles. The van der Waals surface area contributed by atoms with Crippen LogP contribution in [-0.4, -0.2) is 59.5 Å². The van der Waals surface area contributed by atoms with Crippen LogP contribution < -0.4 is 10.7 Å². The van der Waals surface area contributed by atoms with Crippen LogP contribution in [-0.2, 0) is 14.3 Å². The molecule has 3 aliphatic rings. The molecule has 1 aromatic heterocycles. The van der Waals surface area contributed by atoms with Gasteiger partial charge in [-0.3, -0.25) is 14.7 Å². The Labute approximate surface area is 212 Å². The van der Waals surface area contributed by atoms with E-state index in [9.17, 15) is 14.0 Å². The van der Waals surface area contributed by atoms with Crippen LogP contribution >= 0.6 is 11.3 Å². The maximum atomic E-state index is 14.6. The van der Waals surface area contributed by atoms with Crippen molar-refractivity contribution in [3.8, 4) is 0 Å². The number of esters is 1. The van der Waals surface area contributed by atoms with Gasteiger partial charge in [-0.25, -0.2) is 19.6 Å². The Morgan fingerprint density at radius 3 is 2.97 bits per heavy atom. The fourth-order valence-electron chi connectivity index (χ4n) is 4.76. The van der Waals surface area contributed by atoms with Crippen molar-refractivity contribution in [3.05, 3.63) is 63.0 Å². The number of carbonyl (C=O) groups excluding carboxylic acids is 2. The van der Waals surface area contributed by atoms with Crippen LogP contribution in [0.3, 0.4) is 0 Å². The second-order valence-electron chi connectivity index (χ2n) is 9.20. The highest BCUT2D eigenvalue weighted by atomic mass is 32.1. The first-order valence-electron chi connectivity index (χ1n) is 11.8. The Morgan fingerprint density at radius 1 is 1.39 bits per heavy atom. The van der Waals surface area contributed by atoms with Crippen LogP contribution in [0, 0.1) is 18.2 Å². The number of hydrogen-bond acceptors (Lipinski definition) is 9. The summed E-state index contributed by atoms with van der Waals surface area (Å²) in [6.07, 6.45) is 2.30. The fraction of sp³-hybridized carbons (Fsp3) is 0.400. The van der Waals surface area contributed by atoms with Crippen LogP contribution in [0.5, 0.6) is 0 Å². The summed E-state index contributed by atoms with van der Waals surface area (Å²) >= 11 is 1.42. The van der Waals surface area contributed by atoms with Crippen LogP contribution in [0.25, 0.3) is 0 Å². The van der Waals surface area contributed by atoms with Crippen molar-refractivity contribution in [2.75, 3.05) is 26.2 Å². The molecule has 2 atom stereocenters. The fourth-order valence-corrected chi connectivity index (χ4v) is 5.35. The minimum atomic E-state index is -0.767. The number of hydrazone groups is 1. The molecule has 1 unspecified atom stereocenters. The molecular weight excluding hydrogens is 483 g/mol. The number of carbonyl (C=O) groups is 2. The first-order chi connectivity index (χ1) is 17.3. The van der Waals surface area contributed by atoms with Crippen molar-refractivity contribution in [3.63, 3.8) is 0 Å². The Hall–Kier alpha value is -3.44. The quantitative estimate of drug-likeness (QED) is 0.579. The lowest BCUT2D eigenvalue weighted by molar-refractivity contribution is -0.139. The number of aliphatic imine (C=N–C) groups is 1. The lowest BCUT2D eigenvalue weighted by Gasteiger charge is -2.37. The molecule has 9 nitrogen and oxygen atoms in total. The summed E-state index contributed by atoms with van der Waals surface area (Å²) in [4.78, 5) is 36.9. The molecule has 5 rings (SSSR count). The van der Waals surface area contributed by atoms with E-state index in [0.717, 1.165) is 5.71 Å². The summed E-state index contributed by atoms with van der Waals surface area (Å²) in [5, 5.41) is 10.1. The molecule has 0 radical (unpaired) electrons. The zero-order valence-corrected chi connectivity index (χ0v) is 21.1. The lowest BCUT2D eigenvalue weighted by Crippen LogP contribution is -2.50. The Morgan fingerprint density at radius 2 is 2.22 bits per heavy atom. The molecule has 1 aromatic carbocycles. The van der Waals surface area contributed by atoms with E-state index in [0.29, 0.717) is 59.3 Å². The predicted octanol–water partition coefficient (Wildman–Crippen LogP) is 2.70. The number of hydrogen-bond donors (Lipinski definition) is 2. The number of piperidine rings is 1. The molecule has 0 bridgehead atoms. The van der Waals surface area contributed by atoms with Gasteiger partial charge in [0.2, 0.25) is 0 Å². The molecule has 1 saturated heterocycles. The van der Waals surface area contributed by atoms with E-state index in [2.05, 4.69) is 25.7 Å². The number of amides is 1. The molecule has 2 N–H and O–H groups in total. The summed E-state index contributed by atoms with van der Waals surface area (Å²) in [6.45, 7) is 7.01. The number of nitrogens with zero attached hydrogens (tertiary/aromatic N) is 4. The SMILES string of the molecule is CCOC(=O)C1=C(CN2CCC3(C)C(=O)NN=C3C2)NC(c2nccs2)=N[C@H]1c1cccc(F)c1C. The zero-order valence-electron chi connectivity index (χ0n) is 20.3. The van der Waals surface area contributed by atoms with E-state index in [1.807, 2.05) is 12.3 Å². The number of rotatable bonds is 6. The van der Waals surface area contributed by atoms with Gasteiger partial charge in [0.15, 0.2) is 10.8 Å². The number of thiazole rings is 1. The normalized spacial score (nSPS) is 24.0. The maximum absolute atomic E-state index is 14.6. The number of fused-ring (bicyclic) bond motifs is 1. The maximum Gasteiger partial charge on any atom is 0.338 e. The smallest absolute Gasteiger partial charge is 0.338 e. The number of aromatic nitrogens is 1. The standard InChI is InChI=1S/C25H27FN6O3S/c1-4-35-23(33)19-17(12-32-10-8-25(3)18(13-32)30-31-24(25)34)28-21(22-27-9-11-36-22)29-20(19)15-6-5-7-16(26)14(15)2/h5-7,9,11,20H,4,8,10,12-13H2,1-3H3,(H,28,29)(H,31,34)/t20-,25?/m0/s1. The third kappa shape index (κ3) is 4.22. The van der Waals surface area contributed by atoms with E-state index >= 15 is 0 Å². The van der Waals surface area contributed by atoms with E-state index in [1.54, 1.807) is 32.2 Å². The molecule has 0 aliphatic carbocycles. The Balaban J connectivity index is 1.57. The number of likely N-dealkylation sites (tertiary alicyclic amines) is 1. The average Bonchev–Trinajstić information content (AvgIpc) is 3.50. The van der Waals surface area contributed by atoms with Gasteiger partial charge in [-0.15, -0.1) is 11.3 Å². The number of amidine groups is 1. The highest BCUT2D eigenvalue weighted by Crippen LogP contribution is 2.37. The molecule has 0 spiro atoms. The van der Waals surface area contributed by atoms with E-state index in [1.165, 1.54) is 17.4 Å². The molecule has 4 heterocycles. The molecule has 11 heteroatoms. The lowest BCUT2D eigenvalue weighted by atomic mass is 9.78. The summed E-state index contributed by atoms with van der Waals surface area (Å²) in [5.74, 6) is -0.446. The number of ether oxygens (including phenoxy) is 1. The Bertz CT molecular complexity index is 1300. The van der Waals surface area contributed by atoms with Gasteiger partial charge in [-0.05, 0) is 44.4 Å². The second-order valence-corrected chi connectivity index (χ2v) is 10.1. The van der Waals surface area contributed by atoms with E-state index < -0.39 is 17.4 Å². The van der Waals surface area contributed by atoms with Crippen molar-refractivity contribution in [1.82, 2.24) is 20.6 Å². The van der Waals surface area contributed by atoms with Crippen molar-refractivity contribution >= 4 is 34.8 Å². The molecular formula is C25H27FN6O3S. The summed E-state index contributed by atoms with van der Waals surface area (Å²) < 4.78 is 20.0. The molecule has 1 fully saturated rings. The van der Waals surface area contributed by atoms with E-state index in [-0.39, 0.29) is 18.3 Å². The van der Waals surface area contributed by atoms with Gasteiger partial charge < -0.3 is 10.1 Å². The first kappa shape index (κ1) is 24.3. The molecule has 3 aliphatic heterocycles. The summed E-state index contributed by atoms with van der Waals surface area (Å²) in [7, 11) is 0. The van der Waals surface area contributed by atoms with Gasteiger partial charge in [-0.2, -0.15) is 5.10 Å². The minimum Gasteiger partial charge on any atom is -0.463 e. The highest BCUT2D eigenvalue weighted by molar-refractivity contribution is 7.11. The van der Waals surface area contributed by atoms with Crippen LogP contribution in [0.2, 0.25) is 0 Å². The van der Waals surface area contributed by atoms with Gasteiger partial charge >= 0.3 is 5.97 Å². The number of benzene rings is 1. The zero-order chi connectivity index (χ0) is 25.4. The third-order valence-electron chi connectivity index (χ3n) is 6.97. The van der Waals surface area contributed by atoms with Gasteiger partial charge in [-0.1, -0.05) is 12.1 Å². The van der Waals surface area contributed by atoms with Crippen LogP contribution in [0.4, 0.5) is 4.39 Å². The van der Waals surface area contributed by atoms with Crippen LogP contribution in [0.15, 0.2) is 51.1 Å². The van der Waals surface area contributed by atoms with Gasteiger partial charge in [0.05, 0.1) is 23.3 Å². The van der Waals surface area contributed by atoms with Crippen molar-refractivity contribution in [2.24, 2.45) is 15.5 Å². The Kier molecular flexibility index (Phi) is 6.44. The van der Waals surface area contributed by atoms with Gasteiger partial charge in [0.1, 0.15) is 11.9 Å². The monoisotopic (exact) mass is 510 g/mol. The third-order valence-corrected chi connectivity index (χ3v) is 7.75. The summed E-state index contributed by atoms with van der Waals surface area (Å²) in [5.41, 5.74) is 4.73. The van der Waals surface area contributed by atoms with Crippen LogP contribution in [0.1, 0.15) is 42.4 Å².